The number of aromatic nitrogens is 1. The average molecular weight is 234 g/mol. The van der Waals surface area contributed by atoms with Gasteiger partial charge in [-0.05, 0) is 24.6 Å². The van der Waals surface area contributed by atoms with E-state index in [9.17, 15) is 0 Å². The lowest BCUT2D eigenvalue weighted by molar-refractivity contribution is 0.282. The molecule has 0 aliphatic carbocycles. The summed E-state index contributed by atoms with van der Waals surface area (Å²) in [7, 11) is 0. The fourth-order valence-electron chi connectivity index (χ4n) is 1.46. The van der Waals surface area contributed by atoms with Crippen molar-refractivity contribution in [2.45, 2.75) is 20.1 Å². The molecule has 2 N–H and O–H groups in total. The number of hydrogen-bond donors (Lipinski definition) is 2. The van der Waals surface area contributed by atoms with Crippen LogP contribution in [0.3, 0.4) is 0 Å². The summed E-state index contributed by atoms with van der Waals surface area (Å²) in [6, 6.07) is 7.76. The fourth-order valence-corrected chi connectivity index (χ4v) is 2.07. The van der Waals surface area contributed by atoms with Crippen LogP contribution in [0.25, 0.3) is 0 Å². The molecule has 0 bridgehead atoms. The Morgan fingerprint density at radius 3 is 3.00 bits per heavy atom. The molecule has 0 spiro atoms. The Balaban J connectivity index is 1.99. The van der Waals surface area contributed by atoms with Gasteiger partial charge in [0.15, 0.2) is 0 Å². The maximum absolute atomic E-state index is 9.01. The largest absolute Gasteiger partial charge is 0.392 e. The Kier molecular flexibility index (Phi) is 3.54. The topological polar surface area (TPSA) is 45.2 Å². The summed E-state index contributed by atoms with van der Waals surface area (Å²) < 4.78 is 0. The first-order valence-electron chi connectivity index (χ1n) is 5.12. The number of aliphatic hydroxyl groups is 1. The second kappa shape index (κ2) is 5.09. The van der Waals surface area contributed by atoms with Gasteiger partial charge in [-0.25, -0.2) is 4.98 Å². The van der Waals surface area contributed by atoms with E-state index in [1.807, 2.05) is 31.2 Å². The van der Waals surface area contributed by atoms with Crippen LogP contribution in [0.1, 0.15) is 16.3 Å². The van der Waals surface area contributed by atoms with Gasteiger partial charge in [0, 0.05) is 11.1 Å². The van der Waals surface area contributed by atoms with E-state index >= 15 is 0 Å². The predicted octanol–water partition coefficient (Wildman–Crippen LogP) is 2.56. The van der Waals surface area contributed by atoms with E-state index in [4.69, 9.17) is 5.11 Å². The molecule has 0 saturated carbocycles. The van der Waals surface area contributed by atoms with Gasteiger partial charge in [0.25, 0.3) is 0 Å². The molecule has 2 rings (SSSR count). The summed E-state index contributed by atoms with van der Waals surface area (Å²) in [5.41, 5.74) is 2.98. The number of hydrogen-bond acceptors (Lipinski definition) is 4. The number of nitrogens with zero attached hydrogens (tertiary/aromatic N) is 1. The van der Waals surface area contributed by atoms with E-state index in [2.05, 4.69) is 15.7 Å². The van der Waals surface area contributed by atoms with Crippen molar-refractivity contribution in [1.82, 2.24) is 4.98 Å². The molecule has 0 aliphatic heterocycles. The van der Waals surface area contributed by atoms with Crippen molar-refractivity contribution in [3.8, 4) is 0 Å². The molecular formula is C12H14N2OS. The highest BCUT2D eigenvalue weighted by Gasteiger charge is 1.98. The highest BCUT2D eigenvalue weighted by atomic mass is 32.1. The maximum Gasteiger partial charge on any atom is 0.0898 e. The zero-order valence-corrected chi connectivity index (χ0v) is 9.92. The van der Waals surface area contributed by atoms with Gasteiger partial charge in [0.05, 0.1) is 23.9 Å². The third kappa shape index (κ3) is 2.81. The van der Waals surface area contributed by atoms with Crippen LogP contribution in [-0.2, 0) is 13.2 Å². The SMILES string of the molecule is Cc1nc(CNc2cccc(CO)c2)cs1. The third-order valence-corrected chi connectivity index (χ3v) is 3.07. The molecule has 0 unspecified atom stereocenters. The molecule has 0 saturated heterocycles. The van der Waals surface area contributed by atoms with Gasteiger partial charge >= 0.3 is 0 Å². The van der Waals surface area contributed by atoms with Crippen LogP contribution in [-0.4, -0.2) is 10.1 Å². The molecule has 0 fully saturated rings. The minimum absolute atomic E-state index is 0.0747. The molecule has 0 radical (unpaired) electrons. The first-order chi connectivity index (χ1) is 7.78. The Labute approximate surface area is 98.8 Å². The van der Waals surface area contributed by atoms with Crippen molar-refractivity contribution >= 4 is 17.0 Å². The fraction of sp³-hybridized carbons (Fsp3) is 0.250. The first kappa shape index (κ1) is 11.1. The molecule has 4 heteroatoms. The quantitative estimate of drug-likeness (QED) is 0.854. The smallest absolute Gasteiger partial charge is 0.0898 e. The molecule has 0 atom stereocenters. The predicted molar refractivity (Wildman–Crippen MR) is 66.5 cm³/mol. The minimum Gasteiger partial charge on any atom is -0.392 e. The molecule has 0 amide bonds. The summed E-state index contributed by atoms with van der Waals surface area (Å²) >= 11 is 1.66. The summed E-state index contributed by atoms with van der Waals surface area (Å²) in [4.78, 5) is 4.37. The summed E-state index contributed by atoms with van der Waals surface area (Å²) in [6.07, 6.45) is 0. The average Bonchev–Trinajstić information content (AvgIpc) is 2.73. The Morgan fingerprint density at radius 1 is 1.44 bits per heavy atom. The van der Waals surface area contributed by atoms with Gasteiger partial charge in [-0.2, -0.15) is 0 Å². The Hall–Kier alpha value is -1.39. The number of nitrogens with one attached hydrogen (secondary N) is 1. The molecule has 1 heterocycles. The number of aliphatic hydroxyl groups excluding tert-OH is 1. The van der Waals surface area contributed by atoms with Gasteiger partial charge < -0.3 is 10.4 Å². The Morgan fingerprint density at radius 2 is 2.31 bits per heavy atom. The Bertz CT molecular complexity index is 468. The highest BCUT2D eigenvalue weighted by molar-refractivity contribution is 7.09. The van der Waals surface area contributed by atoms with Crippen LogP contribution >= 0.6 is 11.3 Å². The van der Waals surface area contributed by atoms with E-state index in [-0.39, 0.29) is 6.61 Å². The number of benzene rings is 1. The molecule has 84 valence electrons. The van der Waals surface area contributed by atoms with E-state index in [0.29, 0.717) is 0 Å². The first-order valence-corrected chi connectivity index (χ1v) is 6.00. The van der Waals surface area contributed by atoms with Gasteiger partial charge in [-0.15, -0.1) is 11.3 Å². The lowest BCUT2D eigenvalue weighted by Gasteiger charge is -2.05. The number of anilines is 1. The van der Waals surface area contributed by atoms with Gasteiger partial charge in [-0.1, -0.05) is 12.1 Å². The summed E-state index contributed by atoms with van der Waals surface area (Å²) in [5, 5.41) is 15.4. The molecule has 0 aliphatic rings. The second-order valence-electron chi connectivity index (χ2n) is 3.57. The normalized spacial score (nSPS) is 10.4. The lowest BCUT2D eigenvalue weighted by Crippen LogP contribution is -2.00. The van der Waals surface area contributed by atoms with Crippen molar-refractivity contribution < 1.29 is 5.11 Å². The van der Waals surface area contributed by atoms with Gasteiger partial charge in [-0.3, -0.25) is 0 Å². The molecule has 16 heavy (non-hydrogen) atoms. The van der Waals surface area contributed by atoms with Crippen molar-refractivity contribution in [1.29, 1.82) is 0 Å². The van der Waals surface area contributed by atoms with Crippen LogP contribution in [0.5, 0.6) is 0 Å². The number of rotatable bonds is 4. The van der Waals surface area contributed by atoms with Gasteiger partial charge in [0.2, 0.25) is 0 Å². The summed E-state index contributed by atoms with van der Waals surface area (Å²) in [5.74, 6) is 0. The van der Waals surface area contributed by atoms with Gasteiger partial charge in [0.1, 0.15) is 0 Å². The van der Waals surface area contributed by atoms with Crippen LogP contribution in [0.15, 0.2) is 29.6 Å². The van der Waals surface area contributed by atoms with E-state index in [0.717, 1.165) is 28.5 Å². The molecule has 3 nitrogen and oxygen atoms in total. The van der Waals surface area contributed by atoms with Crippen molar-refractivity contribution in [3.63, 3.8) is 0 Å². The zero-order chi connectivity index (χ0) is 11.4. The van der Waals surface area contributed by atoms with Crippen LogP contribution in [0.4, 0.5) is 5.69 Å². The standard InChI is InChI=1S/C12H14N2OS/c1-9-14-12(8-16-9)6-13-11-4-2-3-10(5-11)7-15/h2-5,8,13,15H,6-7H2,1H3. The lowest BCUT2D eigenvalue weighted by atomic mass is 10.2. The second-order valence-corrected chi connectivity index (χ2v) is 4.63. The molecular weight excluding hydrogens is 220 g/mol. The number of thiazole rings is 1. The molecule has 1 aromatic carbocycles. The van der Waals surface area contributed by atoms with Crippen molar-refractivity contribution in [3.05, 3.63) is 45.9 Å². The minimum atomic E-state index is 0.0747. The van der Waals surface area contributed by atoms with Crippen molar-refractivity contribution in [2.24, 2.45) is 0 Å². The van der Waals surface area contributed by atoms with Crippen molar-refractivity contribution in [2.75, 3.05) is 5.32 Å². The monoisotopic (exact) mass is 234 g/mol. The zero-order valence-electron chi connectivity index (χ0n) is 9.10. The van der Waals surface area contributed by atoms with Crippen LogP contribution in [0, 0.1) is 6.92 Å². The highest BCUT2D eigenvalue weighted by Crippen LogP contribution is 2.13. The number of aryl methyl sites for hydroxylation is 1. The van der Waals surface area contributed by atoms with E-state index < -0.39 is 0 Å². The van der Waals surface area contributed by atoms with E-state index in [1.165, 1.54) is 0 Å². The van der Waals surface area contributed by atoms with Crippen LogP contribution in [0.2, 0.25) is 0 Å². The summed E-state index contributed by atoms with van der Waals surface area (Å²) in [6.45, 7) is 2.80. The third-order valence-electron chi connectivity index (χ3n) is 2.25. The van der Waals surface area contributed by atoms with Crippen LogP contribution < -0.4 is 5.32 Å². The van der Waals surface area contributed by atoms with E-state index in [1.54, 1.807) is 11.3 Å². The molecule has 2 aromatic rings. The molecule has 1 aromatic heterocycles. The maximum atomic E-state index is 9.01.